The van der Waals surface area contributed by atoms with E-state index < -0.39 is 12.1 Å². The third kappa shape index (κ3) is 3.74. The van der Waals surface area contributed by atoms with E-state index in [0.717, 1.165) is 0 Å². The topological polar surface area (TPSA) is 38.3 Å². The molecule has 0 aliphatic carbocycles. The minimum absolute atomic E-state index is 0.0488. The van der Waals surface area contributed by atoms with Crippen LogP contribution in [-0.2, 0) is 4.79 Å². The predicted octanol–water partition coefficient (Wildman–Crippen LogP) is 3.98. The zero-order chi connectivity index (χ0) is 14.6. The number of amides is 1. The summed E-state index contributed by atoms with van der Waals surface area (Å²) in [5.74, 6) is -0.935. The van der Waals surface area contributed by atoms with Crippen LogP contribution in [0.2, 0.25) is 0 Å². The molecule has 2 rings (SSSR count). The number of nitrogens with one attached hydrogen (secondary N) is 1. The molecule has 0 unspecified atom stereocenters. The number of para-hydroxylation sites is 1. The number of halogens is 3. The van der Waals surface area contributed by atoms with Gasteiger partial charge in [0.25, 0.3) is 0 Å². The Balaban J connectivity index is 2.02. The molecule has 0 saturated carbocycles. The van der Waals surface area contributed by atoms with Gasteiger partial charge in [0.2, 0.25) is 0 Å². The highest BCUT2D eigenvalue weighted by Gasteiger charge is 2.38. The molecule has 0 aliphatic rings. The molecule has 0 fully saturated rings. The van der Waals surface area contributed by atoms with E-state index in [2.05, 4.69) is 0 Å². The fourth-order valence-electron chi connectivity index (χ4n) is 1.43. The maximum Gasteiger partial charge on any atom is 0.471 e. The molecule has 0 bridgehead atoms. The maximum absolute atomic E-state index is 12.1. The van der Waals surface area contributed by atoms with Crippen LogP contribution >= 0.6 is 0 Å². The zero-order valence-corrected chi connectivity index (χ0v) is 10.1. The number of anilines is 1. The lowest BCUT2D eigenvalue weighted by atomic mass is 10.3. The van der Waals surface area contributed by atoms with Crippen LogP contribution in [0.5, 0.6) is 11.5 Å². The van der Waals surface area contributed by atoms with Gasteiger partial charge in [-0.2, -0.15) is 13.2 Å². The molecule has 0 radical (unpaired) electrons. The van der Waals surface area contributed by atoms with Crippen molar-refractivity contribution >= 4 is 11.6 Å². The normalized spacial score (nSPS) is 10.9. The average molecular weight is 281 g/mol. The summed E-state index contributed by atoms with van der Waals surface area (Å²) in [5.41, 5.74) is 0.0488. The van der Waals surface area contributed by atoms with Crippen molar-refractivity contribution in [2.45, 2.75) is 6.18 Å². The number of carbonyl (C=O) groups excluding carboxylic acids is 1. The Morgan fingerprint density at radius 2 is 1.45 bits per heavy atom. The summed E-state index contributed by atoms with van der Waals surface area (Å²) in [4.78, 5) is 10.7. The fraction of sp³-hybridized carbons (Fsp3) is 0.0714. The molecular weight excluding hydrogens is 271 g/mol. The lowest BCUT2D eigenvalue weighted by Gasteiger charge is -2.09. The summed E-state index contributed by atoms with van der Waals surface area (Å²) in [7, 11) is 0. The lowest BCUT2D eigenvalue weighted by Crippen LogP contribution is -2.29. The van der Waals surface area contributed by atoms with Crippen LogP contribution in [0.3, 0.4) is 0 Å². The predicted molar refractivity (Wildman–Crippen MR) is 67.6 cm³/mol. The lowest BCUT2D eigenvalue weighted by molar-refractivity contribution is -0.167. The first-order valence-corrected chi connectivity index (χ1v) is 5.66. The Kier molecular flexibility index (Phi) is 3.93. The first-order chi connectivity index (χ1) is 9.45. The Bertz CT molecular complexity index is 580. The molecule has 6 heteroatoms. The van der Waals surface area contributed by atoms with E-state index in [1.54, 1.807) is 29.6 Å². The number of hydrogen-bond donors (Lipinski definition) is 1. The zero-order valence-electron chi connectivity index (χ0n) is 10.1. The van der Waals surface area contributed by atoms with Gasteiger partial charge in [0.1, 0.15) is 11.5 Å². The summed E-state index contributed by atoms with van der Waals surface area (Å²) < 4.78 is 41.7. The SMILES string of the molecule is O=C(Nc1ccc(Oc2ccccc2)cc1)C(F)(F)F. The van der Waals surface area contributed by atoms with Gasteiger partial charge < -0.3 is 10.1 Å². The highest BCUT2D eigenvalue weighted by molar-refractivity contribution is 5.94. The largest absolute Gasteiger partial charge is 0.471 e. The second-order valence-corrected chi connectivity index (χ2v) is 3.89. The van der Waals surface area contributed by atoms with Crippen molar-refractivity contribution in [1.82, 2.24) is 0 Å². The van der Waals surface area contributed by atoms with Gasteiger partial charge in [0, 0.05) is 5.69 Å². The second-order valence-electron chi connectivity index (χ2n) is 3.89. The van der Waals surface area contributed by atoms with Crippen molar-refractivity contribution in [3.05, 3.63) is 54.6 Å². The van der Waals surface area contributed by atoms with Gasteiger partial charge in [-0.1, -0.05) is 18.2 Å². The third-order valence-electron chi connectivity index (χ3n) is 2.35. The minimum Gasteiger partial charge on any atom is -0.457 e. The smallest absolute Gasteiger partial charge is 0.457 e. The molecule has 0 aliphatic heterocycles. The number of alkyl halides is 3. The van der Waals surface area contributed by atoms with Crippen LogP contribution < -0.4 is 10.1 Å². The number of benzene rings is 2. The third-order valence-corrected chi connectivity index (χ3v) is 2.35. The van der Waals surface area contributed by atoms with Crippen molar-refractivity contribution in [2.24, 2.45) is 0 Å². The van der Waals surface area contributed by atoms with Gasteiger partial charge in [-0.05, 0) is 36.4 Å². The molecule has 0 saturated heterocycles. The van der Waals surface area contributed by atoms with E-state index >= 15 is 0 Å². The summed E-state index contributed by atoms with van der Waals surface area (Å²) >= 11 is 0. The summed E-state index contributed by atoms with van der Waals surface area (Å²) in [6.07, 6.45) is -4.90. The summed E-state index contributed by atoms with van der Waals surface area (Å²) in [6.45, 7) is 0. The first kappa shape index (κ1) is 13.9. The van der Waals surface area contributed by atoms with Crippen molar-refractivity contribution in [3.63, 3.8) is 0 Å². The van der Waals surface area contributed by atoms with E-state index in [1.807, 2.05) is 6.07 Å². The molecule has 0 heterocycles. The van der Waals surface area contributed by atoms with Gasteiger partial charge in [-0.15, -0.1) is 0 Å². The van der Waals surface area contributed by atoms with E-state index in [1.165, 1.54) is 24.3 Å². The average Bonchev–Trinajstić information content (AvgIpc) is 2.41. The number of hydrogen-bond acceptors (Lipinski definition) is 2. The van der Waals surface area contributed by atoms with Crippen LogP contribution in [0.25, 0.3) is 0 Å². The van der Waals surface area contributed by atoms with Crippen molar-refractivity contribution in [2.75, 3.05) is 5.32 Å². The van der Waals surface area contributed by atoms with Gasteiger partial charge in [-0.3, -0.25) is 4.79 Å². The Morgan fingerprint density at radius 1 is 0.900 bits per heavy atom. The molecule has 20 heavy (non-hydrogen) atoms. The van der Waals surface area contributed by atoms with E-state index in [0.29, 0.717) is 11.5 Å². The van der Waals surface area contributed by atoms with Gasteiger partial charge in [0.05, 0.1) is 0 Å². The molecular formula is C14H10F3NO2. The van der Waals surface area contributed by atoms with Crippen LogP contribution in [0, 0.1) is 0 Å². The quantitative estimate of drug-likeness (QED) is 0.924. The minimum atomic E-state index is -4.90. The maximum atomic E-state index is 12.1. The second kappa shape index (κ2) is 5.64. The van der Waals surface area contributed by atoms with Crippen LogP contribution in [0.15, 0.2) is 54.6 Å². The Hall–Kier alpha value is -2.50. The van der Waals surface area contributed by atoms with E-state index in [-0.39, 0.29) is 5.69 Å². The van der Waals surface area contributed by atoms with E-state index in [9.17, 15) is 18.0 Å². The molecule has 0 aromatic heterocycles. The molecule has 0 atom stereocenters. The van der Waals surface area contributed by atoms with Crippen LogP contribution in [0.1, 0.15) is 0 Å². The fourth-order valence-corrected chi connectivity index (χ4v) is 1.43. The summed E-state index contributed by atoms with van der Waals surface area (Å²) in [6, 6.07) is 14.5. The highest BCUT2D eigenvalue weighted by Crippen LogP contribution is 2.24. The molecule has 1 N–H and O–H groups in total. The highest BCUT2D eigenvalue weighted by atomic mass is 19.4. The molecule has 2 aromatic rings. The van der Waals surface area contributed by atoms with Crippen LogP contribution in [-0.4, -0.2) is 12.1 Å². The van der Waals surface area contributed by atoms with Crippen molar-refractivity contribution < 1.29 is 22.7 Å². The number of rotatable bonds is 3. The molecule has 0 spiro atoms. The molecule has 104 valence electrons. The standard InChI is InChI=1S/C14H10F3NO2/c15-14(16,17)13(19)18-10-6-8-12(9-7-10)20-11-4-2-1-3-5-11/h1-9H,(H,18,19). The number of ether oxygens (including phenoxy) is 1. The first-order valence-electron chi connectivity index (χ1n) is 5.66. The summed E-state index contributed by atoms with van der Waals surface area (Å²) in [5, 5.41) is 1.75. The van der Waals surface area contributed by atoms with Crippen LogP contribution in [0.4, 0.5) is 18.9 Å². The van der Waals surface area contributed by atoms with Gasteiger partial charge in [0.15, 0.2) is 0 Å². The van der Waals surface area contributed by atoms with Crippen molar-refractivity contribution in [1.29, 1.82) is 0 Å². The Morgan fingerprint density at radius 3 is 2.00 bits per heavy atom. The molecule has 1 amide bonds. The molecule has 2 aromatic carbocycles. The number of carbonyl (C=O) groups is 1. The van der Waals surface area contributed by atoms with Crippen molar-refractivity contribution in [3.8, 4) is 11.5 Å². The molecule has 3 nitrogen and oxygen atoms in total. The Labute approximate surface area is 113 Å². The van der Waals surface area contributed by atoms with Gasteiger partial charge in [-0.25, -0.2) is 0 Å². The monoisotopic (exact) mass is 281 g/mol. The van der Waals surface area contributed by atoms with Gasteiger partial charge >= 0.3 is 12.1 Å². The van der Waals surface area contributed by atoms with E-state index in [4.69, 9.17) is 4.74 Å².